The van der Waals surface area contributed by atoms with Crippen LogP contribution in [0.5, 0.6) is 0 Å². The van der Waals surface area contributed by atoms with E-state index in [2.05, 4.69) is 9.97 Å². The van der Waals surface area contributed by atoms with Crippen LogP contribution >= 0.6 is 11.6 Å². The number of nitro groups is 1. The summed E-state index contributed by atoms with van der Waals surface area (Å²) in [4.78, 5) is 20.2. The number of halogens is 1. The Bertz CT molecular complexity index is 634. The number of aryl methyl sites for hydroxylation is 1. The first-order valence-corrected chi connectivity index (χ1v) is 6.30. The Hall–Kier alpha value is -2.21. The Morgan fingerprint density at radius 3 is 2.55 bits per heavy atom. The maximum absolute atomic E-state index is 11.2. The van der Waals surface area contributed by atoms with E-state index in [0.717, 1.165) is 5.56 Å². The maximum atomic E-state index is 11.2. The van der Waals surface area contributed by atoms with Crippen molar-refractivity contribution in [3.8, 4) is 0 Å². The van der Waals surface area contributed by atoms with Crippen LogP contribution in [0.3, 0.4) is 0 Å². The molecule has 0 aliphatic heterocycles. The molecule has 0 unspecified atom stereocenters. The van der Waals surface area contributed by atoms with Crippen LogP contribution in [0.4, 0.5) is 11.5 Å². The lowest BCUT2D eigenvalue weighted by atomic mass is 10.2. The van der Waals surface area contributed by atoms with Gasteiger partial charge >= 0.3 is 5.69 Å². The normalized spacial score (nSPS) is 10.3. The average molecular weight is 293 g/mol. The molecule has 1 aromatic carbocycles. The van der Waals surface area contributed by atoms with Crippen molar-refractivity contribution >= 4 is 23.1 Å². The second-order valence-corrected chi connectivity index (χ2v) is 4.69. The van der Waals surface area contributed by atoms with Gasteiger partial charge in [0.15, 0.2) is 0 Å². The minimum Gasteiger partial charge on any atom is -0.349 e. The molecule has 2 rings (SSSR count). The van der Waals surface area contributed by atoms with Crippen LogP contribution < -0.4 is 4.90 Å². The van der Waals surface area contributed by atoms with E-state index in [9.17, 15) is 10.1 Å². The fourth-order valence-electron chi connectivity index (χ4n) is 1.93. The van der Waals surface area contributed by atoms with Crippen LogP contribution in [0.25, 0.3) is 0 Å². The summed E-state index contributed by atoms with van der Waals surface area (Å²) in [5.74, 6) is 0.219. The third-order valence-electron chi connectivity index (χ3n) is 2.82. The van der Waals surface area contributed by atoms with Gasteiger partial charge in [0.25, 0.3) is 0 Å². The van der Waals surface area contributed by atoms with E-state index in [-0.39, 0.29) is 22.5 Å². The highest BCUT2D eigenvalue weighted by Gasteiger charge is 2.24. The Morgan fingerprint density at radius 2 is 1.95 bits per heavy atom. The molecular formula is C13H13ClN4O2. The molecule has 7 heteroatoms. The Balaban J connectivity index is 2.38. The zero-order valence-electron chi connectivity index (χ0n) is 11.1. The number of hydrogen-bond acceptors (Lipinski definition) is 5. The second kappa shape index (κ2) is 5.83. The third kappa shape index (κ3) is 3.03. The minimum absolute atomic E-state index is 0.00279. The summed E-state index contributed by atoms with van der Waals surface area (Å²) >= 11 is 5.80. The Labute approximate surface area is 121 Å². The van der Waals surface area contributed by atoms with Gasteiger partial charge in [-0.1, -0.05) is 30.3 Å². The summed E-state index contributed by atoms with van der Waals surface area (Å²) in [5, 5.41) is 11.2. The van der Waals surface area contributed by atoms with Crippen LogP contribution in [0.15, 0.2) is 30.3 Å². The molecule has 0 spiro atoms. The van der Waals surface area contributed by atoms with Crippen LogP contribution in [-0.2, 0) is 6.54 Å². The molecule has 2 aromatic rings. The molecule has 104 valence electrons. The topological polar surface area (TPSA) is 72.2 Å². The fraction of sp³-hybridized carbons (Fsp3) is 0.231. The minimum atomic E-state index is -0.484. The molecule has 0 aliphatic carbocycles. The molecular weight excluding hydrogens is 280 g/mol. The number of aromatic nitrogens is 2. The maximum Gasteiger partial charge on any atom is 0.332 e. The average Bonchev–Trinajstić information content (AvgIpc) is 2.38. The molecule has 0 radical (unpaired) electrons. The van der Waals surface area contributed by atoms with Gasteiger partial charge in [-0.15, -0.1) is 0 Å². The molecule has 20 heavy (non-hydrogen) atoms. The summed E-state index contributed by atoms with van der Waals surface area (Å²) in [7, 11) is 1.73. The van der Waals surface area contributed by atoms with Crippen LogP contribution in [0.2, 0.25) is 5.28 Å². The second-order valence-electron chi connectivity index (χ2n) is 4.35. The first-order valence-electron chi connectivity index (χ1n) is 5.92. The molecule has 0 fully saturated rings. The molecule has 0 saturated heterocycles. The van der Waals surface area contributed by atoms with Crippen molar-refractivity contribution in [1.82, 2.24) is 9.97 Å². The van der Waals surface area contributed by atoms with Crippen molar-refractivity contribution in [1.29, 1.82) is 0 Å². The van der Waals surface area contributed by atoms with Gasteiger partial charge in [-0.25, -0.2) is 4.98 Å². The van der Waals surface area contributed by atoms with Crippen LogP contribution in [-0.4, -0.2) is 21.9 Å². The van der Waals surface area contributed by atoms with E-state index in [1.807, 2.05) is 30.3 Å². The number of nitrogens with zero attached hydrogens (tertiary/aromatic N) is 4. The quantitative estimate of drug-likeness (QED) is 0.492. The van der Waals surface area contributed by atoms with Crippen molar-refractivity contribution in [2.45, 2.75) is 13.5 Å². The Kier molecular flexibility index (Phi) is 4.14. The van der Waals surface area contributed by atoms with E-state index >= 15 is 0 Å². The van der Waals surface area contributed by atoms with E-state index < -0.39 is 4.92 Å². The van der Waals surface area contributed by atoms with Gasteiger partial charge in [0.05, 0.1) is 4.92 Å². The van der Waals surface area contributed by atoms with Crippen molar-refractivity contribution < 1.29 is 4.92 Å². The summed E-state index contributed by atoms with van der Waals surface area (Å²) in [6.07, 6.45) is 0. The molecule has 0 saturated carbocycles. The van der Waals surface area contributed by atoms with Gasteiger partial charge in [0, 0.05) is 13.6 Å². The van der Waals surface area contributed by atoms with E-state index in [1.165, 1.54) is 0 Å². The van der Waals surface area contributed by atoms with Crippen molar-refractivity contribution in [2.75, 3.05) is 11.9 Å². The molecule has 0 N–H and O–H groups in total. The largest absolute Gasteiger partial charge is 0.349 e. The van der Waals surface area contributed by atoms with Gasteiger partial charge in [-0.05, 0) is 24.1 Å². The van der Waals surface area contributed by atoms with E-state index in [1.54, 1.807) is 18.9 Å². The highest BCUT2D eigenvalue weighted by atomic mass is 35.5. The van der Waals surface area contributed by atoms with E-state index in [4.69, 9.17) is 11.6 Å². The van der Waals surface area contributed by atoms with Crippen LogP contribution in [0.1, 0.15) is 11.3 Å². The Morgan fingerprint density at radius 1 is 1.30 bits per heavy atom. The number of benzene rings is 1. The van der Waals surface area contributed by atoms with Crippen molar-refractivity contribution in [2.24, 2.45) is 0 Å². The van der Waals surface area contributed by atoms with Gasteiger partial charge < -0.3 is 4.90 Å². The zero-order valence-corrected chi connectivity index (χ0v) is 11.8. The lowest BCUT2D eigenvalue weighted by Crippen LogP contribution is -2.20. The zero-order chi connectivity index (χ0) is 14.7. The highest BCUT2D eigenvalue weighted by Crippen LogP contribution is 2.29. The lowest BCUT2D eigenvalue weighted by molar-refractivity contribution is -0.385. The molecule has 0 amide bonds. The first-order chi connectivity index (χ1) is 9.49. The molecule has 1 heterocycles. The number of hydrogen-bond donors (Lipinski definition) is 0. The SMILES string of the molecule is Cc1nc(Cl)nc(N(C)Cc2ccccc2)c1[N+](=O)[O-]. The fourth-order valence-corrected chi connectivity index (χ4v) is 2.14. The molecule has 1 aromatic heterocycles. The van der Waals surface area contributed by atoms with Gasteiger partial charge in [0.1, 0.15) is 5.69 Å². The summed E-state index contributed by atoms with van der Waals surface area (Å²) in [5.41, 5.74) is 1.16. The first kappa shape index (κ1) is 14.2. The standard InChI is InChI=1S/C13H13ClN4O2/c1-9-11(18(19)20)12(16-13(14)15-9)17(2)8-10-6-4-3-5-7-10/h3-7H,8H2,1-2H3. The predicted octanol–water partition coefficient (Wildman–Crippen LogP) is 2.98. The monoisotopic (exact) mass is 292 g/mol. The highest BCUT2D eigenvalue weighted by molar-refractivity contribution is 6.28. The van der Waals surface area contributed by atoms with Crippen molar-refractivity contribution in [3.05, 3.63) is 57.0 Å². The van der Waals surface area contributed by atoms with Crippen molar-refractivity contribution in [3.63, 3.8) is 0 Å². The lowest BCUT2D eigenvalue weighted by Gasteiger charge is -2.18. The number of anilines is 1. The molecule has 0 atom stereocenters. The predicted molar refractivity (Wildman–Crippen MR) is 77.0 cm³/mol. The molecule has 0 bridgehead atoms. The molecule has 6 nitrogen and oxygen atoms in total. The molecule has 0 aliphatic rings. The van der Waals surface area contributed by atoms with Gasteiger partial charge in [-0.3, -0.25) is 10.1 Å². The number of rotatable bonds is 4. The van der Waals surface area contributed by atoms with Crippen LogP contribution in [0, 0.1) is 17.0 Å². The summed E-state index contributed by atoms with van der Waals surface area (Å²) < 4.78 is 0. The van der Waals surface area contributed by atoms with Gasteiger partial charge in [-0.2, -0.15) is 4.98 Å². The summed E-state index contributed by atoms with van der Waals surface area (Å²) in [6, 6.07) is 9.62. The van der Waals surface area contributed by atoms with E-state index in [0.29, 0.717) is 6.54 Å². The van der Waals surface area contributed by atoms with Gasteiger partial charge in [0.2, 0.25) is 11.1 Å². The third-order valence-corrected chi connectivity index (χ3v) is 2.99. The smallest absolute Gasteiger partial charge is 0.332 e. The summed E-state index contributed by atoms with van der Waals surface area (Å²) in [6.45, 7) is 2.04.